The molecule has 0 spiro atoms. The first kappa shape index (κ1) is 8.56. The summed E-state index contributed by atoms with van der Waals surface area (Å²) in [6.07, 6.45) is 13.2. The number of hydrogen-bond acceptors (Lipinski definition) is 1. The fourth-order valence-corrected chi connectivity index (χ4v) is 2.67. The van der Waals surface area contributed by atoms with Crippen LogP contribution in [0.2, 0.25) is 0 Å². The van der Waals surface area contributed by atoms with Crippen LogP contribution < -0.4 is 0 Å². The number of allylic oxidation sites excluding steroid dienone is 2. The van der Waals surface area contributed by atoms with Crippen molar-refractivity contribution in [3.63, 3.8) is 0 Å². The lowest BCUT2D eigenvalue weighted by Crippen LogP contribution is -2.23. The van der Waals surface area contributed by atoms with E-state index in [2.05, 4.69) is 5.92 Å². The maximum absolute atomic E-state index is 11.2. The second-order valence-corrected chi connectivity index (χ2v) is 4.15. The maximum Gasteiger partial charge on any atom is 0.155 e. The number of terminal acetylenes is 1. The predicted molar refractivity (Wildman–Crippen MR) is 52.1 cm³/mol. The second kappa shape index (κ2) is 3.03. The van der Waals surface area contributed by atoms with Crippen molar-refractivity contribution < 1.29 is 4.79 Å². The Kier molecular flexibility index (Phi) is 2.00. The molecule has 0 aromatic rings. The van der Waals surface area contributed by atoms with E-state index in [1.807, 2.05) is 6.08 Å². The molecule has 68 valence electrons. The Hall–Kier alpha value is -1.03. The van der Waals surface area contributed by atoms with Crippen molar-refractivity contribution in [2.24, 2.45) is 5.41 Å². The average Bonchev–Trinajstić information content (AvgIpc) is 2.49. The van der Waals surface area contributed by atoms with E-state index in [9.17, 15) is 4.79 Å². The second-order valence-electron chi connectivity index (χ2n) is 4.15. The molecule has 2 aliphatic carbocycles. The Morgan fingerprint density at radius 1 is 1.46 bits per heavy atom. The third kappa shape index (κ3) is 1.31. The number of hydrogen-bond donors (Lipinski definition) is 0. The first-order chi connectivity index (χ1) is 6.27. The highest BCUT2D eigenvalue weighted by molar-refractivity contribution is 5.91. The molecule has 0 aliphatic heterocycles. The smallest absolute Gasteiger partial charge is 0.155 e. The predicted octanol–water partition coefficient (Wildman–Crippen LogP) is 2.47. The van der Waals surface area contributed by atoms with Gasteiger partial charge in [-0.3, -0.25) is 4.79 Å². The summed E-state index contributed by atoms with van der Waals surface area (Å²) >= 11 is 0. The molecule has 0 N–H and O–H groups in total. The third-order valence-corrected chi connectivity index (χ3v) is 3.41. The monoisotopic (exact) mass is 174 g/mol. The molecule has 0 aromatic heterocycles. The van der Waals surface area contributed by atoms with E-state index in [1.54, 1.807) is 0 Å². The van der Waals surface area contributed by atoms with Crippen molar-refractivity contribution in [2.45, 2.75) is 38.5 Å². The molecule has 1 atom stereocenters. The van der Waals surface area contributed by atoms with Gasteiger partial charge in [0.05, 0.1) is 0 Å². The van der Waals surface area contributed by atoms with Crippen LogP contribution in [0.15, 0.2) is 11.6 Å². The highest BCUT2D eigenvalue weighted by Crippen LogP contribution is 2.50. The number of carbonyl (C=O) groups is 1. The van der Waals surface area contributed by atoms with Crippen molar-refractivity contribution in [3.05, 3.63) is 11.6 Å². The van der Waals surface area contributed by atoms with Crippen LogP contribution >= 0.6 is 0 Å². The third-order valence-electron chi connectivity index (χ3n) is 3.41. The normalized spacial score (nSPS) is 32.2. The Labute approximate surface area is 79.2 Å². The summed E-state index contributed by atoms with van der Waals surface area (Å²) in [6, 6.07) is 0. The average molecular weight is 174 g/mol. The number of fused-ring (bicyclic) bond motifs is 1. The van der Waals surface area contributed by atoms with Crippen LogP contribution in [0.25, 0.3) is 0 Å². The van der Waals surface area contributed by atoms with E-state index >= 15 is 0 Å². The number of carbonyl (C=O) groups excluding carboxylic acids is 1. The van der Waals surface area contributed by atoms with E-state index in [4.69, 9.17) is 6.42 Å². The zero-order chi connectivity index (χ0) is 9.31. The molecule has 13 heavy (non-hydrogen) atoms. The fraction of sp³-hybridized carbons (Fsp3) is 0.583. The van der Waals surface area contributed by atoms with Crippen LogP contribution in [0.3, 0.4) is 0 Å². The minimum Gasteiger partial charge on any atom is -0.295 e. The van der Waals surface area contributed by atoms with Gasteiger partial charge in [-0.25, -0.2) is 0 Å². The van der Waals surface area contributed by atoms with Crippen LogP contribution in [0.4, 0.5) is 0 Å². The molecular weight excluding hydrogens is 160 g/mol. The van der Waals surface area contributed by atoms with E-state index in [-0.39, 0.29) is 5.41 Å². The van der Waals surface area contributed by atoms with Crippen LogP contribution in [-0.4, -0.2) is 5.78 Å². The van der Waals surface area contributed by atoms with Gasteiger partial charge in [0.2, 0.25) is 0 Å². The van der Waals surface area contributed by atoms with Gasteiger partial charge in [-0.2, -0.15) is 0 Å². The Balaban J connectivity index is 2.32. The van der Waals surface area contributed by atoms with E-state index in [1.165, 1.54) is 18.4 Å². The summed E-state index contributed by atoms with van der Waals surface area (Å²) in [5.74, 6) is 3.06. The molecule has 0 bridgehead atoms. The minimum atomic E-state index is 0.225. The van der Waals surface area contributed by atoms with Crippen molar-refractivity contribution in [2.75, 3.05) is 0 Å². The van der Waals surface area contributed by atoms with Gasteiger partial charge >= 0.3 is 0 Å². The van der Waals surface area contributed by atoms with Gasteiger partial charge in [-0.1, -0.05) is 5.57 Å². The summed E-state index contributed by atoms with van der Waals surface area (Å²) in [6.45, 7) is 0. The van der Waals surface area contributed by atoms with Gasteiger partial charge in [0, 0.05) is 18.3 Å². The van der Waals surface area contributed by atoms with Gasteiger partial charge in [-0.05, 0) is 31.8 Å². The lowest BCUT2D eigenvalue weighted by atomic mass is 9.72. The molecule has 0 amide bonds. The van der Waals surface area contributed by atoms with Crippen LogP contribution in [0, 0.1) is 17.8 Å². The molecule has 1 heteroatoms. The van der Waals surface area contributed by atoms with Crippen LogP contribution in [-0.2, 0) is 4.79 Å². The molecular formula is C12H14O. The molecule has 0 heterocycles. The van der Waals surface area contributed by atoms with E-state index in [0.717, 1.165) is 19.3 Å². The highest BCUT2D eigenvalue weighted by atomic mass is 16.1. The molecule has 1 fully saturated rings. The lowest BCUT2D eigenvalue weighted by Gasteiger charge is -2.31. The largest absolute Gasteiger partial charge is 0.295 e. The summed E-state index contributed by atoms with van der Waals surface area (Å²) in [4.78, 5) is 11.2. The van der Waals surface area contributed by atoms with Crippen molar-refractivity contribution >= 4 is 5.78 Å². The molecule has 0 saturated heterocycles. The van der Waals surface area contributed by atoms with Crippen molar-refractivity contribution in [1.82, 2.24) is 0 Å². The molecule has 2 aliphatic rings. The zero-order valence-corrected chi connectivity index (χ0v) is 7.81. The first-order valence-corrected chi connectivity index (χ1v) is 4.94. The standard InChI is InChI=1S/C12H14O/c1-2-6-12-7-3-4-10(12)9-11(13)5-8-12/h1,9H,3-8H2. The topological polar surface area (TPSA) is 17.1 Å². The fourth-order valence-electron chi connectivity index (χ4n) is 2.67. The number of rotatable bonds is 1. The molecule has 1 nitrogen and oxygen atoms in total. The van der Waals surface area contributed by atoms with Gasteiger partial charge in [0.15, 0.2) is 5.78 Å². The SMILES string of the molecule is C#CCC12CCCC1=CC(=O)CC2. The van der Waals surface area contributed by atoms with Crippen molar-refractivity contribution in [3.8, 4) is 12.3 Å². The summed E-state index contributed by atoms with van der Waals surface area (Å²) in [7, 11) is 0. The van der Waals surface area contributed by atoms with Gasteiger partial charge in [0.25, 0.3) is 0 Å². The summed E-state index contributed by atoms with van der Waals surface area (Å²) in [5, 5.41) is 0. The summed E-state index contributed by atoms with van der Waals surface area (Å²) < 4.78 is 0. The lowest BCUT2D eigenvalue weighted by molar-refractivity contribution is -0.115. The van der Waals surface area contributed by atoms with Gasteiger partial charge in [-0.15, -0.1) is 12.3 Å². The Bertz CT molecular complexity index is 306. The maximum atomic E-state index is 11.2. The Morgan fingerprint density at radius 3 is 3.08 bits per heavy atom. The van der Waals surface area contributed by atoms with Crippen LogP contribution in [0.1, 0.15) is 38.5 Å². The Morgan fingerprint density at radius 2 is 2.31 bits per heavy atom. The zero-order valence-electron chi connectivity index (χ0n) is 7.81. The molecule has 0 aromatic carbocycles. The van der Waals surface area contributed by atoms with Gasteiger partial charge in [0.1, 0.15) is 0 Å². The summed E-state index contributed by atoms with van der Waals surface area (Å²) in [5.41, 5.74) is 1.56. The molecule has 2 rings (SSSR count). The number of ketones is 1. The highest BCUT2D eigenvalue weighted by Gasteiger charge is 2.40. The van der Waals surface area contributed by atoms with Crippen LogP contribution in [0.5, 0.6) is 0 Å². The minimum absolute atomic E-state index is 0.225. The first-order valence-electron chi connectivity index (χ1n) is 4.94. The van der Waals surface area contributed by atoms with E-state index in [0.29, 0.717) is 12.2 Å². The molecule has 0 radical (unpaired) electrons. The molecule has 1 unspecified atom stereocenters. The van der Waals surface area contributed by atoms with Crippen molar-refractivity contribution in [1.29, 1.82) is 0 Å². The molecule has 1 saturated carbocycles. The van der Waals surface area contributed by atoms with E-state index < -0.39 is 0 Å². The quantitative estimate of drug-likeness (QED) is 0.558. The van der Waals surface area contributed by atoms with Gasteiger partial charge < -0.3 is 0 Å².